The van der Waals surface area contributed by atoms with Crippen LogP contribution in [0.25, 0.3) is 0 Å². The number of aromatic hydroxyl groups is 2. The molecule has 2 heterocycles. The SMILES string of the molecule is CCOC(=O)C[C@H](NC(=O)Nc1c(O)c(Cl)cn(Cc2ccccc2Cl)c1=O)c1ccc(C)cc1.CCOC(=O)C[C@H](NC(=O)Nc1c(O)ccn(Cc2ccccc2Cl)c1=O)c1ccc(C)cc1. The van der Waals surface area contributed by atoms with E-state index in [-0.39, 0.29) is 55.6 Å². The van der Waals surface area contributed by atoms with E-state index in [2.05, 4.69) is 21.3 Å². The molecule has 6 N–H and O–H groups in total. The maximum absolute atomic E-state index is 13.0. The fourth-order valence-electron chi connectivity index (χ4n) is 6.77. The predicted molar refractivity (Wildman–Crippen MR) is 266 cm³/mol. The first-order chi connectivity index (χ1) is 33.0. The minimum atomic E-state index is -0.807. The number of hydrogen-bond donors (Lipinski definition) is 6. The van der Waals surface area contributed by atoms with Gasteiger partial charge in [-0.15, -0.1) is 0 Å². The van der Waals surface area contributed by atoms with Gasteiger partial charge in [-0.05, 0) is 68.1 Å². The van der Waals surface area contributed by atoms with E-state index in [4.69, 9.17) is 44.3 Å². The number of anilines is 2. The number of nitrogens with zero attached hydrogens (tertiary/aromatic N) is 2. The molecule has 6 rings (SSSR count). The third-order valence-electron chi connectivity index (χ3n) is 10.3. The lowest BCUT2D eigenvalue weighted by molar-refractivity contribution is -0.144. The molecule has 0 bridgehead atoms. The van der Waals surface area contributed by atoms with E-state index in [1.165, 1.54) is 27.6 Å². The molecule has 0 unspecified atom stereocenters. The lowest BCUT2D eigenvalue weighted by atomic mass is 10.0. The van der Waals surface area contributed by atoms with Crippen molar-refractivity contribution in [3.8, 4) is 11.5 Å². The van der Waals surface area contributed by atoms with Gasteiger partial charge in [0.15, 0.2) is 17.1 Å². The lowest BCUT2D eigenvalue weighted by Gasteiger charge is -2.20. The highest BCUT2D eigenvalue weighted by Crippen LogP contribution is 2.30. The summed E-state index contributed by atoms with van der Waals surface area (Å²) in [5.41, 5.74) is 2.79. The van der Waals surface area contributed by atoms with Gasteiger partial charge in [0.2, 0.25) is 0 Å². The van der Waals surface area contributed by atoms with Gasteiger partial charge in [-0.3, -0.25) is 19.2 Å². The Morgan fingerprint density at radius 3 is 1.45 bits per heavy atom. The Morgan fingerprint density at radius 1 is 0.580 bits per heavy atom. The highest BCUT2D eigenvalue weighted by Gasteiger charge is 2.24. The molecule has 4 aromatic carbocycles. The molecular formula is C50H51Cl3N6O10. The van der Waals surface area contributed by atoms with E-state index < -0.39 is 58.6 Å². The van der Waals surface area contributed by atoms with Crippen molar-refractivity contribution < 1.29 is 38.9 Å². The standard InChI is InChI=1S/C25H25Cl2N3O5.C25H26ClN3O5/c1-3-35-21(31)12-20(16-10-8-15(2)9-11-16)28-25(34)29-22-23(32)19(27)14-30(24(22)33)13-17-6-4-5-7-18(17)26;1-3-34-22(31)14-20(17-10-8-16(2)9-11-17)27-25(33)28-23-21(30)12-13-29(24(23)32)15-18-6-4-5-7-19(18)26/h4-11,14,20,32H,3,12-13H2,1-2H3,(H2,28,29,34);4-13,20,30H,3,14-15H2,1-2H3,(H2,27,28,33)/t2*20-/m00/s1. The predicted octanol–water partition coefficient (Wildman–Crippen LogP) is 9.41. The fraction of sp³-hybridized carbons (Fsp3) is 0.240. The summed E-state index contributed by atoms with van der Waals surface area (Å²) in [6.07, 6.45) is 2.46. The number of halogens is 3. The molecular weight excluding hydrogens is 951 g/mol. The van der Waals surface area contributed by atoms with E-state index in [1.54, 1.807) is 86.6 Å². The Labute approximate surface area is 412 Å². The number of esters is 2. The van der Waals surface area contributed by atoms with Crippen LogP contribution in [0.15, 0.2) is 125 Å². The van der Waals surface area contributed by atoms with Crippen LogP contribution in [0.2, 0.25) is 15.1 Å². The molecule has 0 saturated heterocycles. The van der Waals surface area contributed by atoms with Gasteiger partial charge >= 0.3 is 24.0 Å². The molecule has 0 aliphatic carbocycles. The Bertz CT molecular complexity index is 2890. The monoisotopic (exact) mass is 1000 g/mol. The number of aromatic nitrogens is 2. The van der Waals surface area contributed by atoms with Crippen molar-refractivity contribution in [3.05, 3.63) is 185 Å². The van der Waals surface area contributed by atoms with E-state index in [1.807, 2.05) is 38.1 Å². The molecule has 0 radical (unpaired) electrons. The van der Waals surface area contributed by atoms with Crippen LogP contribution >= 0.6 is 34.8 Å². The van der Waals surface area contributed by atoms with Crippen molar-refractivity contribution in [3.63, 3.8) is 0 Å². The van der Waals surface area contributed by atoms with Crippen molar-refractivity contribution in [2.75, 3.05) is 23.8 Å². The molecule has 69 heavy (non-hydrogen) atoms. The maximum atomic E-state index is 13.0. The normalized spacial score (nSPS) is 11.5. The number of carbonyl (C=O) groups excluding carboxylic acids is 4. The molecule has 0 saturated carbocycles. The summed E-state index contributed by atoms with van der Waals surface area (Å²) < 4.78 is 12.6. The second-order valence-electron chi connectivity index (χ2n) is 15.5. The summed E-state index contributed by atoms with van der Waals surface area (Å²) >= 11 is 18.5. The molecule has 0 fully saturated rings. The molecule has 2 aromatic heterocycles. The number of hydrogen-bond acceptors (Lipinski definition) is 10. The van der Waals surface area contributed by atoms with E-state index >= 15 is 0 Å². The lowest BCUT2D eigenvalue weighted by Crippen LogP contribution is -2.36. The smallest absolute Gasteiger partial charge is 0.319 e. The van der Waals surface area contributed by atoms with Crippen LogP contribution < -0.4 is 32.4 Å². The molecule has 0 aliphatic rings. The summed E-state index contributed by atoms with van der Waals surface area (Å²) in [6.45, 7) is 7.88. The minimum Gasteiger partial charge on any atom is -0.505 e. The molecule has 0 spiro atoms. The third-order valence-corrected chi connectivity index (χ3v) is 11.4. The maximum Gasteiger partial charge on any atom is 0.319 e. The molecule has 4 amide bonds. The molecule has 19 heteroatoms. The first-order valence-electron chi connectivity index (χ1n) is 21.6. The van der Waals surface area contributed by atoms with Gasteiger partial charge in [-0.25, -0.2) is 9.59 Å². The second kappa shape index (κ2) is 25.2. The molecule has 16 nitrogen and oxygen atoms in total. The van der Waals surface area contributed by atoms with Crippen LogP contribution in [-0.2, 0) is 32.2 Å². The Kier molecular flexibility index (Phi) is 19.2. The Balaban J connectivity index is 0.000000258. The molecule has 362 valence electrons. The van der Waals surface area contributed by atoms with Gasteiger partial charge in [0.05, 0.1) is 51.2 Å². The average molecular weight is 1000 g/mol. The third kappa shape index (κ3) is 15.1. The van der Waals surface area contributed by atoms with Gasteiger partial charge < -0.3 is 50.1 Å². The average Bonchev–Trinajstić information content (AvgIpc) is 3.31. The molecule has 0 aliphatic heterocycles. The van der Waals surface area contributed by atoms with Crippen LogP contribution in [0.4, 0.5) is 21.0 Å². The number of carbonyl (C=O) groups is 4. The Morgan fingerprint density at radius 2 is 1.00 bits per heavy atom. The van der Waals surface area contributed by atoms with Crippen LogP contribution in [0.1, 0.15) is 72.2 Å². The van der Waals surface area contributed by atoms with Crippen LogP contribution in [0.3, 0.4) is 0 Å². The van der Waals surface area contributed by atoms with Gasteiger partial charge in [-0.2, -0.15) is 0 Å². The fourth-order valence-corrected chi connectivity index (χ4v) is 7.37. The van der Waals surface area contributed by atoms with Gasteiger partial charge in [-0.1, -0.05) is 131 Å². The number of ether oxygens (including phenoxy) is 2. The number of urea groups is 2. The zero-order valence-electron chi connectivity index (χ0n) is 38.1. The van der Waals surface area contributed by atoms with Crippen LogP contribution in [0.5, 0.6) is 11.5 Å². The summed E-state index contributed by atoms with van der Waals surface area (Å²) in [6, 6.07) is 27.0. The number of pyridine rings is 2. The van der Waals surface area contributed by atoms with Gasteiger partial charge in [0.25, 0.3) is 11.1 Å². The van der Waals surface area contributed by atoms with Crippen LogP contribution in [-0.4, -0.2) is 56.6 Å². The van der Waals surface area contributed by atoms with Crippen molar-refractivity contribution in [1.82, 2.24) is 19.8 Å². The Hall–Kier alpha value is -7.27. The quantitative estimate of drug-likeness (QED) is 0.0505. The highest BCUT2D eigenvalue weighted by atomic mass is 35.5. The first kappa shape index (κ1) is 52.7. The summed E-state index contributed by atoms with van der Waals surface area (Å²) in [5.74, 6) is -1.92. The largest absolute Gasteiger partial charge is 0.505 e. The van der Waals surface area contributed by atoms with Gasteiger partial charge in [0, 0.05) is 22.4 Å². The van der Waals surface area contributed by atoms with Crippen molar-refractivity contribution in [1.29, 1.82) is 0 Å². The van der Waals surface area contributed by atoms with Crippen LogP contribution in [0, 0.1) is 13.8 Å². The number of amides is 4. The van der Waals surface area contributed by atoms with E-state index in [0.29, 0.717) is 32.3 Å². The molecule has 2 atom stereocenters. The van der Waals surface area contributed by atoms with Crippen molar-refractivity contribution in [2.24, 2.45) is 0 Å². The number of benzene rings is 4. The zero-order chi connectivity index (χ0) is 50.2. The number of aryl methyl sites for hydroxylation is 2. The van der Waals surface area contributed by atoms with Crippen molar-refractivity contribution in [2.45, 2.75) is 65.7 Å². The second-order valence-corrected chi connectivity index (χ2v) is 16.7. The number of nitrogens with one attached hydrogen (secondary N) is 4. The van der Waals surface area contributed by atoms with E-state index in [0.717, 1.165) is 11.1 Å². The minimum absolute atomic E-state index is 0.0731. The summed E-state index contributed by atoms with van der Waals surface area (Å²) in [7, 11) is 0. The zero-order valence-corrected chi connectivity index (χ0v) is 40.3. The van der Waals surface area contributed by atoms with E-state index in [9.17, 15) is 39.0 Å². The topological polar surface area (TPSA) is 219 Å². The summed E-state index contributed by atoms with van der Waals surface area (Å²) in [4.78, 5) is 75.8. The summed E-state index contributed by atoms with van der Waals surface area (Å²) in [5, 5.41) is 31.6. The van der Waals surface area contributed by atoms with Gasteiger partial charge in [0.1, 0.15) is 10.8 Å². The first-order valence-corrected chi connectivity index (χ1v) is 22.7. The van der Waals surface area contributed by atoms with Crippen molar-refractivity contribution >= 4 is 70.2 Å². The molecule has 6 aromatic rings. The highest BCUT2D eigenvalue weighted by molar-refractivity contribution is 6.32. The number of rotatable bonds is 16.